The zero-order valence-corrected chi connectivity index (χ0v) is 12.8. The first-order valence-corrected chi connectivity index (χ1v) is 7.03. The fourth-order valence-electron chi connectivity index (χ4n) is 2.66. The molecule has 1 atom stereocenters. The minimum absolute atomic E-state index is 0.111. The molecule has 0 spiro atoms. The van der Waals surface area contributed by atoms with Crippen LogP contribution >= 0.6 is 0 Å². The second-order valence-corrected chi connectivity index (χ2v) is 5.19. The Bertz CT molecular complexity index is 417. The summed E-state index contributed by atoms with van der Waals surface area (Å²) in [5.41, 5.74) is 5.28. The van der Waals surface area contributed by atoms with Crippen molar-refractivity contribution < 1.29 is 4.79 Å². The SMILES string of the molecule is CCNC(=O)CCNC(C)c1c(C)cc(C)cc1C. The van der Waals surface area contributed by atoms with Gasteiger partial charge in [0.15, 0.2) is 0 Å². The van der Waals surface area contributed by atoms with Crippen LogP contribution in [0.4, 0.5) is 0 Å². The normalized spacial score (nSPS) is 12.3. The van der Waals surface area contributed by atoms with Crippen LogP contribution < -0.4 is 10.6 Å². The van der Waals surface area contributed by atoms with E-state index in [0.29, 0.717) is 19.5 Å². The highest BCUT2D eigenvalue weighted by Crippen LogP contribution is 2.23. The van der Waals surface area contributed by atoms with Crippen LogP contribution in [-0.2, 0) is 4.79 Å². The Hall–Kier alpha value is -1.35. The van der Waals surface area contributed by atoms with Gasteiger partial charge in [-0.05, 0) is 51.3 Å². The van der Waals surface area contributed by atoms with Gasteiger partial charge in [0.05, 0.1) is 0 Å². The fraction of sp³-hybridized carbons (Fsp3) is 0.562. The summed E-state index contributed by atoms with van der Waals surface area (Å²) in [4.78, 5) is 11.4. The second kappa shape index (κ2) is 7.29. The van der Waals surface area contributed by atoms with E-state index in [2.05, 4.69) is 50.5 Å². The van der Waals surface area contributed by atoms with Gasteiger partial charge < -0.3 is 10.6 Å². The van der Waals surface area contributed by atoms with Gasteiger partial charge in [0.2, 0.25) is 5.91 Å². The lowest BCUT2D eigenvalue weighted by molar-refractivity contribution is -0.120. The van der Waals surface area contributed by atoms with Crippen molar-refractivity contribution in [1.29, 1.82) is 0 Å². The molecule has 0 radical (unpaired) electrons. The summed E-state index contributed by atoms with van der Waals surface area (Å²) >= 11 is 0. The minimum Gasteiger partial charge on any atom is -0.356 e. The summed E-state index contributed by atoms with van der Waals surface area (Å²) in [6, 6.07) is 4.70. The number of nitrogens with one attached hydrogen (secondary N) is 2. The molecule has 1 unspecified atom stereocenters. The fourth-order valence-corrected chi connectivity index (χ4v) is 2.66. The van der Waals surface area contributed by atoms with Gasteiger partial charge >= 0.3 is 0 Å². The van der Waals surface area contributed by atoms with Crippen LogP contribution in [0.15, 0.2) is 12.1 Å². The monoisotopic (exact) mass is 262 g/mol. The average molecular weight is 262 g/mol. The Morgan fingerprint density at radius 3 is 2.32 bits per heavy atom. The maximum Gasteiger partial charge on any atom is 0.221 e. The smallest absolute Gasteiger partial charge is 0.221 e. The van der Waals surface area contributed by atoms with Crippen LogP contribution in [0.3, 0.4) is 0 Å². The molecular weight excluding hydrogens is 236 g/mol. The van der Waals surface area contributed by atoms with Crippen LogP contribution in [-0.4, -0.2) is 19.0 Å². The molecule has 1 aromatic carbocycles. The van der Waals surface area contributed by atoms with Crippen molar-refractivity contribution in [2.45, 2.75) is 47.1 Å². The number of benzene rings is 1. The van der Waals surface area contributed by atoms with E-state index in [9.17, 15) is 4.79 Å². The summed E-state index contributed by atoms with van der Waals surface area (Å²) < 4.78 is 0. The lowest BCUT2D eigenvalue weighted by Crippen LogP contribution is -2.29. The number of aryl methyl sites for hydroxylation is 3. The molecule has 0 aliphatic carbocycles. The first-order valence-electron chi connectivity index (χ1n) is 7.03. The lowest BCUT2D eigenvalue weighted by Gasteiger charge is -2.19. The zero-order valence-electron chi connectivity index (χ0n) is 12.8. The van der Waals surface area contributed by atoms with Crippen LogP contribution in [0, 0.1) is 20.8 Å². The maximum absolute atomic E-state index is 11.4. The van der Waals surface area contributed by atoms with Crippen molar-refractivity contribution in [3.63, 3.8) is 0 Å². The van der Waals surface area contributed by atoms with Gasteiger partial charge in [-0.3, -0.25) is 4.79 Å². The predicted molar refractivity (Wildman–Crippen MR) is 80.4 cm³/mol. The predicted octanol–water partition coefficient (Wildman–Crippen LogP) is 2.79. The summed E-state index contributed by atoms with van der Waals surface area (Å²) in [6.45, 7) is 11.9. The quantitative estimate of drug-likeness (QED) is 0.827. The molecule has 1 aromatic rings. The molecule has 1 rings (SSSR count). The molecule has 0 aliphatic heterocycles. The number of hydrogen-bond donors (Lipinski definition) is 2. The topological polar surface area (TPSA) is 41.1 Å². The van der Waals surface area contributed by atoms with Crippen LogP contribution in [0.2, 0.25) is 0 Å². The van der Waals surface area contributed by atoms with Crippen LogP contribution in [0.25, 0.3) is 0 Å². The number of carbonyl (C=O) groups excluding carboxylic acids is 1. The molecule has 2 N–H and O–H groups in total. The molecule has 0 saturated carbocycles. The third-order valence-corrected chi connectivity index (χ3v) is 3.35. The molecule has 3 nitrogen and oxygen atoms in total. The van der Waals surface area contributed by atoms with E-state index in [1.807, 2.05) is 6.92 Å². The molecule has 1 amide bonds. The van der Waals surface area contributed by atoms with Gasteiger partial charge in [-0.15, -0.1) is 0 Å². The van der Waals surface area contributed by atoms with E-state index in [-0.39, 0.29) is 11.9 Å². The molecule has 0 bridgehead atoms. The maximum atomic E-state index is 11.4. The molecule has 0 heterocycles. The van der Waals surface area contributed by atoms with E-state index in [1.54, 1.807) is 0 Å². The van der Waals surface area contributed by atoms with Crippen molar-refractivity contribution in [2.75, 3.05) is 13.1 Å². The Kier molecular flexibility index (Phi) is 6.03. The van der Waals surface area contributed by atoms with Crippen molar-refractivity contribution in [3.8, 4) is 0 Å². The first-order chi connectivity index (χ1) is 8.95. The first kappa shape index (κ1) is 15.7. The summed E-state index contributed by atoms with van der Waals surface area (Å²) in [6.07, 6.45) is 0.530. The van der Waals surface area contributed by atoms with Crippen LogP contribution in [0.5, 0.6) is 0 Å². The van der Waals surface area contributed by atoms with Crippen molar-refractivity contribution in [2.24, 2.45) is 0 Å². The Morgan fingerprint density at radius 2 is 1.79 bits per heavy atom. The number of carbonyl (C=O) groups is 1. The highest BCUT2D eigenvalue weighted by molar-refractivity contribution is 5.75. The third kappa shape index (κ3) is 4.67. The molecule has 3 heteroatoms. The van der Waals surface area contributed by atoms with Gasteiger partial charge in [0.1, 0.15) is 0 Å². The lowest BCUT2D eigenvalue weighted by atomic mass is 9.95. The van der Waals surface area contributed by atoms with Crippen molar-refractivity contribution in [1.82, 2.24) is 10.6 Å². The number of amides is 1. The van der Waals surface area contributed by atoms with Crippen molar-refractivity contribution in [3.05, 3.63) is 34.4 Å². The van der Waals surface area contributed by atoms with E-state index in [1.165, 1.54) is 22.3 Å². The molecule has 19 heavy (non-hydrogen) atoms. The van der Waals surface area contributed by atoms with Gasteiger partial charge in [-0.2, -0.15) is 0 Å². The number of hydrogen-bond acceptors (Lipinski definition) is 2. The second-order valence-electron chi connectivity index (χ2n) is 5.19. The summed E-state index contributed by atoms with van der Waals surface area (Å²) in [7, 11) is 0. The molecule has 0 fully saturated rings. The Balaban J connectivity index is 2.59. The molecule has 0 aliphatic rings. The van der Waals surface area contributed by atoms with Crippen molar-refractivity contribution >= 4 is 5.91 Å². The van der Waals surface area contributed by atoms with E-state index in [4.69, 9.17) is 0 Å². The molecular formula is C16H26N2O. The largest absolute Gasteiger partial charge is 0.356 e. The van der Waals surface area contributed by atoms with Gasteiger partial charge in [-0.25, -0.2) is 0 Å². The third-order valence-electron chi connectivity index (χ3n) is 3.35. The Morgan fingerprint density at radius 1 is 1.21 bits per heavy atom. The summed E-state index contributed by atoms with van der Waals surface area (Å²) in [5.74, 6) is 0.111. The highest BCUT2D eigenvalue weighted by Gasteiger charge is 2.11. The van der Waals surface area contributed by atoms with Gasteiger partial charge in [0, 0.05) is 25.6 Å². The summed E-state index contributed by atoms with van der Waals surface area (Å²) in [5, 5.41) is 6.24. The van der Waals surface area contributed by atoms with Gasteiger partial charge in [0.25, 0.3) is 0 Å². The number of rotatable bonds is 6. The average Bonchev–Trinajstić information content (AvgIpc) is 2.27. The Labute approximate surface area is 116 Å². The zero-order chi connectivity index (χ0) is 14.4. The molecule has 0 aromatic heterocycles. The van der Waals surface area contributed by atoms with E-state index < -0.39 is 0 Å². The van der Waals surface area contributed by atoms with E-state index in [0.717, 1.165) is 0 Å². The minimum atomic E-state index is 0.111. The van der Waals surface area contributed by atoms with Crippen LogP contribution in [0.1, 0.15) is 48.6 Å². The standard InChI is InChI=1S/C16H26N2O/c1-6-17-15(19)7-8-18-14(5)16-12(3)9-11(2)10-13(16)4/h9-10,14,18H,6-8H2,1-5H3,(H,17,19). The highest BCUT2D eigenvalue weighted by atomic mass is 16.1. The van der Waals surface area contributed by atoms with Gasteiger partial charge in [-0.1, -0.05) is 17.7 Å². The molecule has 106 valence electrons. The molecule has 0 saturated heterocycles. The van der Waals surface area contributed by atoms with E-state index >= 15 is 0 Å².